The Morgan fingerprint density at radius 2 is 1.68 bits per heavy atom. The average molecular weight is 602 g/mol. The van der Waals surface area contributed by atoms with Crippen LogP contribution < -0.4 is 15.2 Å². The summed E-state index contributed by atoms with van der Waals surface area (Å²) in [6, 6.07) is 22.5. The summed E-state index contributed by atoms with van der Waals surface area (Å²) in [6.07, 6.45) is 0. The molecule has 9 heteroatoms. The quantitative estimate of drug-likeness (QED) is 0.220. The van der Waals surface area contributed by atoms with Crippen molar-refractivity contribution in [2.45, 2.75) is 32.9 Å². The lowest BCUT2D eigenvalue weighted by molar-refractivity contribution is -0.121. The van der Waals surface area contributed by atoms with Crippen LogP contribution in [0.4, 0.5) is 15.2 Å². The first-order valence-corrected chi connectivity index (χ1v) is 15.0. The highest BCUT2D eigenvalue weighted by Gasteiger charge is 2.66. The van der Waals surface area contributed by atoms with Gasteiger partial charge in [-0.15, -0.1) is 0 Å². The Balaban J connectivity index is 1.47. The minimum atomic E-state index is -1.91. The van der Waals surface area contributed by atoms with E-state index in [0.717, 1.165) is 33.0 Å². The van der Waals surface area contributed by atoms with Gasteiger partial charge < -0.3 is 9.32 Å². The van der Waals surface area contributed by atoms with Crippen molar-refractivity contribution in [1.82, 2.24) is 4.98 Å². The Kier molecular flexibility index (Phi) is 5.52. The van der Waals surface area contributed by atoms with Crippen LogP contribution in [0.1, 0.15) is 43.9 Å². The molecule has 44 heavy (non-hydrogen) atoms. The van der Waals surface area contributed by atoms with Crippen molar-refractivity contribution >= 4 is 55.2 Å². The van der Waals surface area contributed by atoms with E-state index in [1.807, 2.05) is 69.3 Å². The van der Waals surface area contributed by atoms with Crippen molar-refractivity contribution in [2.75, 3.05) is 9.80 Å². The number of aryl methyl sites for hydroxylation is 3. The second kappa shape index (κ2) is 9.17. The van der Waals surface area contributed by atoms with Crippen LogP contribution >= 0.6 is 11.3 Å². The summed E-state index contributed by atoms with van der Waals surface area (Å²) in [7, 11) is 0. The molecule has 0 fully saturated rings. The van der Waals surface area contributed by atoms with Crippen molar-refractivity contribution in [1.29, 1.82) is 0 Å². The van der Waals surface area contributed by atoms with Crippen molar-refractivity contribution in [3.63, 3.8) is 0 Å². The number of halogens is 1. The third-order valence-corrected chi connectivity index (χ3v) is 9.67. The summed E-state index contributed by atoms with van der Waals surface area (Å²) in [5, 5.41) is 0.219. The Morgan fingerprint density at radius 1 is 0.909 bits per heavy atom. The molecule has 2 amide bonds. The highest BCUT2D eigenvalue weighted by atomic mass is 32.1. The molecule has 8 rings (SSSR count). The zero-order valence-corrected chi connectivity index (χ0v) is 24.8. The minimum Gasteiger partial charge on any atom is -0.450 e. The van der Waals surface area contributed by atoms with Crippen LogP contribution in [0.3, 0.4) is 0 Å². The maximum atomic E-state index is 15.1. The van der Waals surface area contributed by atoms with Crippen molar-refractivity contribution < 1.29 is 18.4 Å². The number of carbonyl (C=O) groups excluding carboxylic acids is 2. The summed E-state index contributed by atoms with van der Waals surface area (Å²) in [6.45, 7) is 6.12. The fraction of sp³-hybridized carbons (Fsp3) is 0.143. The molecule has 216 valence electrons. The molecule has 6 aromatic rings. The van der Waals surface area contributed by atoms with Crippen LogP contribution in [-0.4, -0.2) is 16.8 Å². The predicted molar refractivity (Wildman–Crippen MR) is 168 cm³/mol. The van der Waals surface area contributed by atoms with Gasteiger partial charge >= 0.3 is 0 Å². The van der Waals surface area contributed by atoms with Crippen LogP contribution in [0.15, 0.2) is 88.1 Å². The van der Waals surface area contributed by atoms with Crippen molar-refractivity contribution in [3.8, 4) is 0 Å². The van der Waals surface area contributed by atoms with Gasteiger partial charge in [0.05, 0.1) is 33.4 Å². The number of rotatable bonds is 3. The number of hydrogen-bond donors (Lipinski definition) is 0. The maximum absolute atomic E-state index is 15.1. The number of fused-ring (bicyclic) bond motifs is 6. The van der Waals surface area contributed by atoms with E-state index < -0.39 is 28.6 Å². The first-order valence-electron chi connectivity index (χ1n) is 14.2. The second-order valence-electron chi connectivity index (χ2n) is 11.4. The monoisotopic (exact) mass is 601 g/mol. The number of thiazole rings is 1. The smallest absolute Gasteiger partial charge is 0.297 e. The van der Waals surface area contributed by atoms with E-state index in [-0.39, 0.29) is 34.0 Å². The molecule has 1 atom stereocenters. The fourth-order valence-corrected chi connectivity index (χ4v) is 7.90. The number of amides is 2. The molecule has 2 aliphatic heterocycles. The Bertz CT molecular complexity index is 2310. The Labute approximate surface area is 254 Å². The third kappa shape index (κ3) is 3.41. The normalized spacial score (nSPS) is 17.4. The first-order chi connectivity index (χ1) is 21.2. The van der Waals surface area contributed by atoms with Crippen molar-refractivity contribution in [2.24, 2.45) is 0 Å². The summed E-state index contributed by atoms with van der Waals surface area (Å²) >= 11 is 1.27. The lowest BCUT2D eigenvalue weighted by atomic mass is 9.84. The van der Waals surface area contributed by atoms with E-state index in [1.54, 1.807) is 17.0 Å². The van der Waals surface area contributed by atoms with Gasteiger partial charge in [-0.1, -0.05) is 59.9 Å². The third-order valence-electron chi connectivity index (χ3n) is 8.69. The summed E-state index contributed by atoms with van der Waals surface area (Å²) in [5.41, 5.74) is 3.00. The van der Waals surface area contributed by atoms with Crippen LogP contribution in [0, 0.1) is 26.6 Å². The topological polar surface area (TPSA) is 83.7 Å². The first kappa shape index (κ1) is 26.5. The lowest BCUT2D eigenvalue weighted by Crippen LogP contribution is -2.53. The van der Waals surface area contributed by atoms with Crippen LogP contribution in [0.25, 0.3) is 21.2 Å². The van der Waals surface area contributed by atoms with E-state index in [4.69, 9.17) is 9.40 Å². The predicted octanol–water partition coefficient (Wildman–Crippen LogP) is 6.92. The number of benzene rings is 4. The van der Waals surface area contributed by atoms with Crippen molar-refractivity contribution in [3.05, 3.63) is 134 Å². The maximum Gasteiger partial charge on any atom is 0.297 e. The molecule has 0 saturated heterocycles. The number of hydrogen-bond acceptors (Lipinski definition) is 6. The number of para-hydroxylation sites is 1. The van der Waals surface area contributed by atoms with Gasteiger partial charge in [0.2, 0.25) is 5.76 Å². The number of aromatic nitrogens is 1. The fourth-order valence-electron chi connectivity index (χ4n) is 6.70. The minimum absolute atomic E-state index is 0.0452. The second-order valence-corrected chi connectivity index (χ2v) is 12.4. The molecule has 1 unspecified atom stereocenters. The standard InChI is InChI=1S/C35H24FN3O4S/c1-18-14-20(3)29-27(15-18)44-34(37-29)39-32(41)31-28(30(40)23-16-22(36)12-13-26(23)43-31)35(39)24-10-6-7-11-25(24)38(33(35)42)17-21-9-5-4-8-19(21)2/h4-16H,17H2,1-3H3. The molecule has 4 aromatic carbocycles. The molecule has 2 aliphatic rings. The zero-order valence-electron chi connectivity index (χ0n) is 24.0. The molecule has 4 heterocycles. The number of anilines is 2. The molecule has 1 spiro atoms. The zero-order chi connectivity index (χ0) is 30.5. The molecule has 0 N–H and O–H groups in total. The lowest BCUT2D eigenvalue weighted by Gasteiger charge is -2.32. The van der Waals surface area contributed by atoms with Crippen LogP contribution in [0.2, 0.25) is 0 Å². The summed E-state index contributed by atoms with van der Waals surface area (Å²) in [5.74, 6) is -2.01. The van der Waals surface area contributed by atoms with Gasteiger partial charge in [-0.3, -0.25) is 19.3 Å². The van der Waals surface area contributed by atoms with Gasteiger partial charge in [0.15, 0.2) is 16.1 Å². The van der Waals surface area contributed by atoms with Gasteiger partial charge in [0.1, 0.15) is 11.4 Å². The largest absolute Gasteiger partial charge is 0.450 e. The van der Waals surface area contributed by atoms with E-state index in [1.165, 1.54) is 28.4 Å². The van der Waals surface area contributed by atoms with Gasteiger partial charge in [-0.2, -0.15) is 0 Å². The SMILES string of the molecule is Cc1cc(C)c2nc(N3C(=O)c4oc5ccc(F)cc5c(=O)c4C34C(=O)N(Cc3ccccc3C)c3ccccc34)sc2c1. The highest BCUT2D eigenvalue weighted by Crippen LogP contribution is 2.55. The molecule has 2 aromatic heterocycles. The van der Waals surface area contributed by atoms with Crippen LogP contribution in [0.5, 0.6) is 0 Å². The molecule has 0 saturated carbocycles. The van der Waals surface area contributed by atoms with E-state index >= 15 is 4.79 Å². The van der Waals surface area contributed by atoms with Gasteiger partial charge in [0.25, 0.3) is 11.8 Å². The van der Waals surface area contributed by atoms with E-state index in [9.17, 15) is 14.0 Å². The van der Waals surface area contributed by atoms with Gasteiger partial charge in [0, 0.05) is 5.56 Å². The number of carbonyl (C=O) groups is 2. The molecule has 0 bridgehead atoms. The average Bonchev–Trinajstić information content (AvgIpc) is 3.61. The molecule has 0 radical (unpaired) electrons. The van der Waals surface area contributed by atoms with Gasteiger partial charge in [-0.05, 0) is 73.4 Å². The summed E-state index contributed by atoms with van der Waals surface area (Å²) < 4.78 is 21.4. The number of nitrogens with zero attached hydrogens (tertiary/aromatic N) is 3. The highest BCUT2D eigenvalue weighted by molar-refractivity contribution is 7.22. The Hall–Kier alpha value is -5.15. The Morgan fingerprint density at radius 3 is 2.50 bits per heavy atom. The molecular formula is C35H24FN3O4S. The van der Waals surface area contributed by atoms with Gasteiger partial charge in [-0.25, -0.2) is 9.37 Å². The molecule has 7 nitrogen and oxygen atoms in total. The van der Waals surface area contributed by atoms with E-state index in [2.05, 4.69) is 0 Å². The molecular weight excluding hydrogens is 577 g/mol. The summed E-state index contributed by atoms with van der Waals surface area (Å²) in [4.78, 5) is 51.9. The van der Waals surface area contributed by atoms with E-state index in [0.29, 0.717) is 16.8 Å². The molecule has 0 aliphatic carbocycles. The van der Waals surface area contributed by atoms with Crippen LogP contribution in [-0.2, 0) is 16.9 Å².